The van der Waals surface area contributed by atoms with Crippen molar-refractivity contribution in [2.75, 3.05) is 26.3 Å². The Kier molecular flexibility index (Phi) is 4.02. The van der Waals surface area contributed by atoms with Crippen LogP contribution in [-0.2, 0) is 16.6 Å². The molecule has 2 aliphatic heterocycles. The Morgan fingerprint density at radius 2 is 1.82 bits per heavy atom. The van der Waals surface area contributed by atoms with Crippen molar-refractivity contribution in [3.63, 3.8) is 0 Å². The molecular weight excluding hydrogens is 386 g/mol. The van der Waals surface area contributed by atoms with E-state index in [4.69, 9.17) is 9.47 Å². The van der Waals surface area contributed by atoms with Crippen LogP contribution in [0.5, 0.6) is 11.5 Å². The average molecular weight is 403 g/mol. The summed E-state index contributed by atoms with van der Waals surface area (Å²) in [4.78, 5) is 1.70. The Morgan fingerprint density at radius 3 is 2.61 bits per heavy atom. The second kappa shape index (κ2) is 6.56. The van der Waals surface area contributed by atoms with E-state index in [-0.39, 0.29) is 10.9 Å². The van der Waals surface area contributed by atoms with Crippen molar-refractivity contribution in [2.24, 2.45) is 0 Å². The van der Waals surface area contributed by atoms with Gasteiger partial charge >= 0.3 is 0 Å². The number of aromatic nitrogens is 6. The first kappa shape index (κ1) is 17.1. The van der Waals surface area contributed by atoms with Gasteiger partial charge in [0.1, 0.15) is 25.5 Å². The Hall–Kier alpha value is -2.99. The van der Waals surface area contributed by atoms with E-state index in [9.17, 15) is 8.42 Å². The first-order valence-corrected chi connectivity index (χ1v) is 10.2. The topological polar surface area (TPSA) is 117 Å². The predicted octanol–water partition coefficient (Wildman–Crippen LogP) is -0.0653. The molecule has 0 unspecified atom stereocenters. The normalized spacial score (nSPS) is 17.4. The van der Waals surface area contributed by atoms with E-state index in [2.05, 4.69) is 20.5 Å². The number of ether oxygens (including phenoxy) is 2. The lowest BCUT2D eigenvalue weighted by atomic mass is 10.2. The molecule has 0 aliphatic carbocycles. The van der Waals surface area contributed by atoms with Crippen LogP contribution in [0.2, 0.25) is 0 Å². The minimum absolute atomic E-state index is 0.0567. The van der Waals surface area contributed by atoms with Gasteiger partial charge in [-0.25, -0.2) is 13.1 Å². The van der Waals surface area contributed by atoms with Crippen LogP contribution in [0.3, 0.4) is 0 Å². The molecular formula is C16H17N7O4S. The minimum Gasteiger partial charge on any atom is -0.486 e. The van der Waals surface area contributed by atoms with Gasteiger partial charge in [-0.2, -0.15) is 19.3 Å². The van der Waals surface area contributed by atoms with Gasteiger partial charge in [0.25, 0.3) is 0 Å². The van der Waals surface area contributed by atoms with E-state index in [1.165, 1.54) is 15.2 Å². The summed E-state index contributed by atoms with van der Waals surface area (Å²) in [5.41, 5.74) is 0.712. The summed E-state index contributed by atoms with van der Waals surface area (Å²) in [6.45, 7) is 1.95. The molecule has 2 aromatic heterocycles. The maximum Gasteiger partial charge on any atom is 0.243 e. The number of rotatable bonds is 5. The molecule has 0 saturated carbocycles. The van der Waals surface area contributed by atoms with E-state index in [1.807, 2.05) is 0 Å². The highest BCUT2D eigenvalue weighted by Crippen LogP contribution is 2.35. The molecule has 2 aliphatic rings. The molecule has 1 fully saturated rings. The SMILES string of the molecule is O=S(=O)(c1ccc2c(c1)OCCO2)N1CC(n2cc(Cn3nccn3)nn2)C1. The van der Waals surface area contributed by atoms with Gasteiger partial charge in [-0.1, -0.05) is 5.21 Å². The Labute approximate surface area is 160 Å². The van der Waals surface area contributed by atoms with Crippen LogP contribution in [0.25, 0.3) is 0 Å². The van der Waals surface area contributed by atoms with Crippen LogP contribution in [-0.4, -0.2) is 69.0 Å². The molecule has 12 heteroatoms. The molecule has 0 radical (unpaired) electrons. The lowest BCUT2D eigenvalue weighted by molar-refractivity contribution is 0.170. The van der Waals surface area contributed by atoms with Crippen molar-refractivity contribution >= 4 is 10.0 Å². The second-order valence-electron chi connectivity index (χ2n) is 6.53. The van der Waals surface area contributed by atoms with Gasteiger partial charge < -0.3 is 9.47 Å². The summed E-state index contributed by atoms with van der Waals surface area (Å²) < 4.78 is 39.8. The summed E-state index contributed by atoms with van der Waals surface area (Å²) >= 11 is 0. The molecule has 0 bridgehead atoms. The van der Waals surface area contributed by atoms with Gasteiger partial charge in [0.2, 0.25) is 10.0 Å². The summed E-state index contributed by atoms with van der Waals surface area (Å²) in [6, 6.07) is 4.63. The number of fused-ring (bicyclic) bond motifs is 1. The Morgan fingerprint density at radius 1 is 1.07 bits per heavy atom. The summed E-state index contributed by atoms with van der Waals surface area (Å²) in [5.74, 6) is 1.02. The Balaban J connectivity index is 1.27. The van der Waals surface area contributed by atoms with E-state index in [1.54, 1.807) is 35.4 Å². The monoisotopic (exact) mass is 403 g/mol. The van der Waals surface area contributed by atoms with Gasteiger partial charge in [-0.3, -0.25) is 0 Å². The first-order valence-electron chi connectivity index (χ1n) is 8.74. The van der Waals surface area contributed by atoms with Crippen molar-refractivity contribution in [3.8, 4) is 11.5 Å². The fraction of sp³-hybridized carbons (Fsp3) is 0.375. The summed E-state index contributed by atoms with van der Waals surface area (Å²) in [6.07, 6.45) is 4.98. The highest BCUT2D eigenvalue weighted by atomic mass is 32.2. The van der Waals surface area contributed by atoms with Crippen molar-refractivity contribution in [1.82, 2.24) is 34.3 Å². The molecule has 146 valence electrons. The number of hydrogen-bond acceptors (Lipinski definition) is 8. The quantitative estimate of drug-likeness (QED) is 0.581. The fourth-order valence-corrected chi connectivity index (χ4v) is 4.68. The number of nitrogens with zero attached hydrogens (tertiary/aromatic N) is 7. The number of benzene rings is 1. The van der Waals surface area contributed by atoms with Crippen LogP contribution in [0.1, 0.15) is 11.7 Å². The molecule has 1 saturated heterocycles. The lowest BCUT2D eigenvalue weighted by Gasteiger charge is -2.37. The number of hydrogen-bond donors (Lipinski definition) is 0. The molecule has 11 nitrogen and oxygen atoms in total. The molecule has 28 heavy (non-hydrogen) atoms. The van der Waals surface area contributed by atoms with Gasteiger partial charge in [0.05, 0.1) is 29.5 Å². The van der Waals surface area contributed by atoms with E-state index < -0.39 is 10.0 Å². The van der Waals surface area contributed by atoms with E-state index in [0.717, 1.165) is 0 Å². The van der Waals surface area contributed by atoms with Crippen LogP contribution >= 0.6 is 0 Å². The molecule has 5 rings (SSSR count). The van der Waals surface area contributed by atoms with Crippen molar-refractivity contribution in [2.45, 2.75) is 17.5 Å². The molecule has 0 spiro atoms. The highest BCUT2D eigenvalue weighted by molar-refractivity contribution is 7.89. The highest BCUT2D eigenvalue weighted by Gasteiger charge is 2.38. The maximum atomic E-state index is 12.9. The predicted molar refractivity (Wildman–Crippen MR) is 94.4 cm³/mol. The van der Waals surface area contributed by atoms with Crippen LogP contribution in [0, 0.1) is 0 Å². The van der Waals surface area contributed by atoms with Crippen LogP contribution in [0.4, 0.5) is 0 Å². The average Bonchev–Trinajstić information content (AvgIpc) is 3.33. The van der Waals surface area contributed by atoms with Gasteiger partial charge in [0, 0.05) is 19.2 Å². The molecule has 3 aromatic rings. The zero-order chi connectivity index (χ0) is 19.1. The smallest absolute Gasteiger partial charge is 0.243 e. The molecule has 0 N–H and O–H groups in total. The summed E-state index contributed by atoms with van der Waals surface area (Å²) in [5, 5.41) is 16.3. The maximum absolute atomic E-state index is 12.9. The molecule has 1 aromatic carbocycles. The lowest BCUT2D eigenvalue weighted by Crippen LogP contribution is -2.50. The number of sulfonamides is 1. The summed E-state index contributed by atoms with van der Waals surface area (Å²) in [7, 11) is -3.60. The van der Waals surface area contributed by atoms with E-state index >= 15 is 0 Å². The largest absolute Gasteiger partial charge is 0.486 e. The third kappa shape index (κ3) is 2.99. The standard InChI is InChI=1S/C16H17N7O4S/c24-28(25,14-1-2-15-16(7-14)27-6-5-26-15)21-10-13(11-21)22-8-12(19-20-22)9-23-17-3-4-18-23/h1-4,7-8,13H,5-6,9-11H2. The van der Waals surface area contributed by atoms with Crippen molar-refractivity contribution in [1.29, 1.82) is 0 Å². The van der Waals surface area contributed by atoms with Gasteiger partial charge in [-0.15, -0.1) is 5.10 Å². The van der Waals surface area contributed by atoms with Gasteiger partial charge in [0.15, 0.2) is 11.5 Å². The minimum atomic E-state index is -3.60. The zero-order valence-electron chi connectivity index (χ0n) is 14.7. The third-order valence-corrected chi connectivity index (χ3v) is 6.51. The van der Waals surface area contributed by atoms with Crippen molar-refractivity contribution in [3.05, 3.63) is 42.5 Å². The molecule has 0 amide bonds. The van der Waals surface area contributed by atoms with Gasteiger partial charge in [-0.05, 0) is 12.1 Å². The third-order valence-electron chi connectivity index (χ3n) is 4.68. The fourth-order valence-electron chi connectivity index (χ4n) is 3.15. The second-order valence-corrected chi connectivity index (χ2v) is 8.47. The van der Waals surface area contributed by atoms with Crippen LogP contribution < -0.4 is 9.47 Å². The molecule has 0 atom stereocenters. The zero-order valence-corrected chi connectivity index (χ0v) is 15.6. The van der Waals surface area contributed by atoms with Crippen LogP contribution in [0.15, 0.2) is 41.7 Å². The van der Waals surface area contributed by atoms with E-state index in [0.29, 0.717) is 50.0 Å². The first-order chi connectivity index (χ1) is 13.6. The van der Waals surface area contributed by atoms with Crippen molar-refractivity contribution < 1.29 is 17.9 Å². The molecule has 4 heterocycles. The Bertz CT molecular complexity index is 1090.